The van der Waals surface area contributed by atoms with E-state index in [9.17, 15) is 9.90 Å². The van der Waals surface area contributed by atoms with Crippen molar-refractivity contribution in [2.24, 2.45) is 11.1 Å². The van der Waals surface area contributed by atoms with Gasteiger partial charge in [-0.15, -0.1) is 11.3 Å². The highest BCUT2D eigenvalue weighted by Gasteiger charge is 2.46. The first kappa shape index (κ1) is 12.5. The Hall–Kier alpha value is -0.910. The minimum absolute atomic E-state index is 0.0657. The summed E-state index contributed by atoms with van der Waals surface area (Å²) in [6.45, 7) is 4.84. The highest BCUT2D eigenvalue weighted by atomic mass is 32.1. The van der Waals surface area contributed by atoms with E-state index >= 15 is 0 Å². The summed E-state index contributed by atoms with van der Waals surface area (Å²) >= 11 is 1.53. The Bertz CT molecular complexity index is 428. The summed E-state index contributed by atoms with van der Waals surface area (Å²) in [5.41, 5.74) is 5.70. The molecule has 1 saturated carbocycles. The van der Waals surface area contributed by atoms with E-state index in [1.54, 1.807) is 5.38 Å². The molecule has 1 aromatic heterocycles. The first-order chi connectivity index (χ1) is 7.91. The van der Waals surface area contributed by atoms with Gasteiger partial charge in [-0.3, -0.25) is 4.79 Å². The van der Waals surface area contributed by atoms with Crippen LogP contribution in [0, 0.1) is 5.41 Å². The third-order valence-corrected chi connectivity index (χ3v) is 4.61. The monoisotopic (exact) mass is 254 g/mol. The van der Waals surface area contributed by atoms with E-state index < -0.39 is 0 Å². The minimum atomic E-state index is -0.383. The Labute approximate surface area is 105 Å². The number of rotatable bonds is 4. The average Bonchev–Trinajstić information content (AvgIpc) is 2.72. The molecular weight excluding hydrogens is 236 g/mol. The molecule has 0 saturated heterocycles. The number of carbonyl (C=O) groups excluding carboxylic acids is 1. The van der Waals surface area contributed by atoms with Gasteiger partial charge in [0.1, 0.15) is 0 Å². The molecule has 4 N–H and O–H groups in total. The molecule has 1 fully saturated rings. The van der Waals surface area contributed by atoms with Crippen LogP contribution in [-0.2, 0) is 6.54 Å². The summed E-state index contributed by atoms with van der Waals surface area (Å²) < 4.78 is 0. The van der Waals surface area contributed by atoms with E-state index in [-0.39, 0.29) is 17.4 Å². The second-order valence-corrected chi connectivity index (χ2v) is 6.17. The molecule has 5 heteroatoms. The molecule has 1 aromatic rings. The standard InChI is InChI=1S/C12H18N2O2S/c1-12(2)9(4-10(12)15)14-5-8-3-7(6-17-8)11(13)16/h3,6,9-10,14-15H,4-5H2,1-2H3,(H2,13,16). The fourth-order valence-corrected chi connectivity index (χ4v) is 2.90. The van der Waals surface area contributed by atoms with Gasteiger partial charge in [-0.25, -0.2) is 0 Å². The molecule has 4 nitrogen and oxygen atoms in total. The van der Waals surface area contributed by atoms with Crippen LogP contribution in [-0.4, -0.2) is 23.2 Å². The SMILES string of the molecule is CC1(C)C(O)CC1NCc1cc(C(N)=O)cs1. The van der Waals surface area contributed by atoms with Gasteiger partial charge in [0, 0.05) is 28.3 Å². The first-order valence-corrected chi connectivity index (χ1v) is 6.58. The van der Waals surface area contributed by atoms with Crippen LogP contribution >= 0.6 is 11.3 Å². The Morgan fingerprint density at radius 2 is 2.41 bits per heavy atom. The van der Waals surface area contributed by atoms with Crippen molar-refractivity contribution in [3.63, 3.8) is 0 Å². The number of hydrogen-bond donors (Lipinski definition) is 3. The third kappa shape index (κ3) is 2.36. The Kier molecular flexibility index (Phi) is 3.25. The van der Waals surface area contributed by atoms with E-state index in [2.05, 4.69) is 19.2 Å². The van der Waals surface area contributed by atoms with E-state index in [0.717, 1.165) is 17.8 Å². The second-order valence-electron chi connectivity index (χ2n) is 5.17. The summed E-state index contributed by atoms with van der Waals surface area (Å²) in [7, 11) is 0. The van der Waals surface area contributed by atoms with Crippen molar-refractivity contribution in [2.75, 3.05) is 0 Å². The van der Waals surface area contributed by atoms with Crippen LogP contribution in [0.4, 0.5) is 0 Å². The topological polar surface area (TPSA) is 75.3 Å². The number of aliphatic hydroxyl groups is 1. The average molecular weight is 254 g/mol. The number of nitrogens with two attached hydrogens (primary N) is 1. The van der Waals surface area contributed by atoms with Gasteiger partial charge in [-0.1, -0.05) is 13.8 Å². The molecule has 17 heavy (non-hydrogen) atoms. The number of nitrogens with one attached hydrogen (secondary N) is 1. The smallest absolute Gasteiger partial charge is 0.249 e. The number of hydrogen-bond acceptors (Lipinski definition) is 4. The third-order valence-electron chi connectivity index (χ3n) is 3.68. The molecule has 2 rings (SSSR count). The highest BCUT2D eigenvalue weighted by Crippen LogP contribution is 2.40. The molecule has 94 valence electrons. The summed E-state index contributed by atoms with van der Waals surface area (Å²) in [6, 6.07) is 2.15. The van der Waals surface area contributed by atoms with E-state index in [1.807, 2.05) is 6.07 Å². The van der Waals surface area contributed by atoms with Crippen LogP contribution in [0.25, 0.3) is 0 Å². The summed E-state index contributed by atoms with van der Waals surface area (Å²) in [5.74, 6) is -0.383. The van der Waals surface area contributed by atoms with Gasteiger partial charge in [0.05, 0.1) is 11.7 Å². The van der Waals surface area contributed by atoms with Gasteiger partial charge < -0.3 is 16.2 Å². The molecule has 1 heterocycles. The predicted octanol–water partition coefficient (Wildman–Crippen LogP) is 1.10. The number of aliphatic hydroxyl groups excluding tert-OH is 1. The van der Waals surface area contributed by atoms with E-state index in [1.165, 1.54) is 11.3 Å². The quantitative estimate of drug-likeness (QED) is 0.753. The lowest BCUT2D eigenvalue weighted by Gasteiger charge is -2.49. The van der Waals surface area contributed by atoms with Crippen LogP contribution in [0.3, 0.4) is 0 Å². The van der Waals surface area contributed by atoms with Crippen LogP contribution in [0.15, 0.2) is 11.4 Å². The maximum absolute atomic E-state index is 10.9. The van der Waals surface area contributed by atoms with Crippen LogP contribution in [0.5, 0.6) is 0 Å². The molecule has 0 bridgehead atoms. The van der Waals surface area contributed by atoms with Crippen LogP contribution < -0.4 is 11.1 Å². The molecule has 0 spiro atoms. The normalized spacial score (nSPS) is 26.5. The molecule has 1 aliphatic carbocycles. The van der Waals surface area contributed by atoms with Crippen molar-refractivity contribution in [3.05, 3.63) is 21.9 Å². The molecular formula is C12H18N2O2S. The van der Waals surface area contributed by atoms with Gasteiger partial charge in [0.15, 0.2) is 0 Å². The first-order valence-electron chi connectivity index (χ1n) is 5.70. The zero-order valence-electron chi connectivity index (χ0n) is 10.1. The highest BCUT2D eigenvalue weighted by molar-refractivity contribution is 7.10. The molecule has 1 amide bonds. The summed E-state index contributed by atoms with van der Waals surface area (Å²) in [4.78, 5) is 12.0. The minimum Gasteiger partial charge on any atom is -0.392 e. The number of thiophene rings is 1. The van der Waals surface area contributed by atoms with Gasteiger partial charge in [0.2, 0.25) is 5.91 Å². The lowest BCUT2D eigenvalue weighted by Crippen LogP contribution is -2.59. The van der Waals surface area contributed by atoms with Gasteiger partial charge in [0.25, 0.3) is 0 Å². The van der Waals surface area contributed by atoms with E-state index in [0.29, 0.717) is 11.6 Å². The lowest BCUT2D eigenvalue weighted by atomic mass is 9.64. The van der Waals surface area contributed by atoms with Crippen molar-refractivity contribution in [1.82, 2.24) is 5.32 Å². The van der Waals surface area contributed by atoms with Crippen molar-refractivity contribution < 1.29 is 9.90 Å². The maximum Gasteiger partial charge on any atom is 0.249 e. The van der Waals surface area contributed by atoms with Gasteiger partial charge >= 0.3 is 0 Å². The largest absolute Gasteiger partial charge is 0.392 e. The zero-order valence-corrected chi connectivity index (χ0v) is 10.9. The second kappa shape index (κ2) is 4.40. The van der Waals surface area contributed by atoms with Crippen molar-refractivity contribution in [3.8, 4) is 0 Å². The van der Waals surface area contributed by atoms with E-state index in [4.69, 9.17) is 5.73 Å². The Balaban J connectivity index is 1.88. The number of primary amides is 1. The van der Waals surface area contributed by atoms with Gasteiger partial charge in [-0.2, -0.15) is 0 Å². The lowest BCUT2D eigenvalue weighted by molar-refractivity contribution is -0.0729. The molecule has 1 aliphatic rings. The molecule has 0 aliphatic heterocycles. The van der Waals surface area contributed by atoms with Crippen LogP contribution in [0.1, 0.15) is 35.5 Å². The number of amides is 1. The van der Waals surface area contributed by atoms with Crippen molar-refractivity contribution in [2.45, 2.75) is 39.0 Å². The van der Waals surface area contributed by atoms with Crippen molar-refractivity contribution >= 4 is 17.2 Å². The molecule has 2 atom stereocenters. The number of carbonyl (C=O) groups is 1. The molecule has 0 radical (unpaired) electrons. The van der Waals surface area contributed by atoms with Crippen molar-refractivity contribution in [1.29, 1.82) is 0 Å². The molecule has 2 unspecified atom stereocenters. The summed E-state index contributed by atoms with van der Waals surface area (Å²) in [6.07, 6.45) is 0.575. The predicted molar refractivity (Wildman–Crippen MR) is 67.9 cm³/mol. The maximum atomic E-state index is 10.9. The molecule has 0 aromatic carbocycles. The zero-order chi connectivity index (χ0) is 12.6. The Morgan fingerprint density at radius 3 is 2.88 bits per heavy atom. The fourth-order valence-electron chi connectivity index (χ4n) is 2.08. The Morgan fingerprint density at radius 1 is 1.71 bits per heavy atom. The fraction of sp³-hybridized carbons (Fsp3) is 0.583. The van der Waals surface area contributed by atoms with Crippen LogP contribution in [0.2, 0.25) is 0 Å². The summed E-state index contributed by atoms with van der Waals surface area (Å²) in [5, 5.41) is 14.8. The van der Waals surface area contributed by atoms with Gasteiger partial charge in [-0.05, 0) is 12.5 Å².